The van der Waals surface area contributed by atoms with Gasteiger partial charge in [0, 0.05) is 28.4 Å². The van der Waals surface area contributed by atoms with Crippen LogP contribution < -0.4 is 4.98 Å². The maximum Gasteiger partial charge on any atom is 2.00 e. The SMILES string of the molecule is Cc1ccc2c(c1)c1ccc(-c3cccc4c3nc(-c3ccc(C(C)(C)C)c5c3[n-]c3ccc(C(F)(F)F)cc35)n4-c3ccccc3)[c-]c1n2-c1cc(C(C)(C)c2ccccc2)ccn1.[Pt+2]. The van der Waals surface area contributed by atoms with Gasteiger partial charge < -0.3 is 9.55 Å². The van der Waals surface area contributed by atoms with Crippen LogP contribution in [0, 0.1) is 13.0 Å². The molecule has 4 aromatic heterocycles. The predicted octanol–water partition coefficient (Wildman–Crippen LogP) is 14.9. The molecule has 0 saturated carbocycles. The first-order valence-corrected chi connectivity index (χ1v) is 21.8. The number of aromatic nitrogens is 5. The van der Waals surface area contributed by atoms with Gasteiger partial charge in [-0.05, 0) is 93.2 Å². The molecule has 0 unspecified atom stereocenters. The summed E-state index contributed by atoms with van der Waals surface area (Å²) in [4.78, 5) is 15.6. The van der Waals surface area contributed by atoms with Gasteiger partial charge in [-0.1, -0.05) is 148 Å². The van der Waals surface area contributed by atoms with Crippen LogP contribution in [-0.4, -0.2) is 19.1 Å². The smallest absolute Gasteiger partial charge is 0.656 e. The van der Waals surface area contributed by atoms with E-state index in [1.165, 1.54) is 17.7 Å². The second kappa shape index (κ2) is 15.7. The van der Waals surface area contributed by atoms with Gasteiger partial charge in [-0.2, -0.15) is 13.2 Å². The van der Waals surface area contributed by atoms with Gasteiger partial charge >= 0.3 is 27.2 Å². The van der Waals surface area contributed by atoms with Gasteiger partial charge in [0.05, 0.1) is 16.6 Å². The molecule has 11 rings (SSSR count). The first-order chi connectivity index (χ1) is 31.2. The van der Waals surface area contributed by atoms with Crippen molar-refractivity contribution >= 4 is 54.6 Å². The van der Waals surface area contributed by atoms with Crippen LogP contribution in [0.15, 0.2) is 158 Å². The summed E-state index contributed by atoms with van der Waals surface area (Å²) in [5, 5.41) is 3.36. The van der Waals surface area contributed by atoms with Crippen molar-refractivity contribution in [2.45, 2.75) is 58.5 Å². The fourth-order valence-corrected chi connectivity index (χ4v) is 9.65. The summed E-state index contributed by atoms with van der Waals surface area (Å²) >= 11 is 0. The molecule has 0 atom stereocenters. The van der Waals surface area contributed by atoms with E-state index in [1.807, 2.05) is 60.8 Å². The third-order valence-corrected chi connectivity index (χ3v) is 13.1. The quantitative estimate of drug-likeness (QED) is 0.156. The molecule has 7 aromatic carbocycles. The van der Waals surface area contributed by atoms with Crippen LogP contribution in [0.25, 0.3) is 88.7 Å². The van der Waals surface area contributed by atoms with Gasteiger partial charge in [0.1, 0.15) is 11.6 Å². The van der Waals surface area contributed by atoms with E-state index < -0.39 is 11.7 Å². The molecule has 0 aliphatic rings. The van der Waals surface area contributed by atoms with Crippen LogP contribution in [0.5, 0.6) is 0 Å². The van der Waals surface area contributed by atoms with Crippen LogP contribution in [0.2, 0.25) is 0 Å². The number of para-hydroxylation sites is 2. The molecule has 66 heavy (non-hydrogen) atoms. The number of benzene rings is 7. The van der Waals surface area contributed by atoms with E-state index in [0.29, 0.717) is 27.6 Å². The van der Waals surface area contributed by atoms with Crippen LogP contribution in [0.4, 0.5) is 13.2 Å². The summed E-state index contributed by atoms with van der Waals surface area (Å²) in [7, 11) is 0. The Hall–Kier alpha value is -6.76. The molecular formula is C57H44F3N5Pt. The molecule has 0 spiro atoms. The molecule has 0 aliphatic heterocycles. The van der Waals surface area contributed by atoms with E-state index >= 15 is 0 Å². The first kappa shape index (κ1) is 43.1. The van der Waals surface area contributed by atoms with E-state index in [2.05, 4.69) is 136 Å². The zero-order valence-electron chi connectivity index (χ0n) is 37.2. The zero-order chi connectivity index (χ0) is 45.0. The van der Waals surface area contributed by atoms with E-state index in [1.54, 1.807) is 0 Å². The Balaban J connectivity index is 0.00000511. The van der Waals surface area contributed by atoms with Crippen molar-refractivity contribution in [1.82, 2.24) is 24.1 Å². The van der Waals surface area contributed by atoms with Gasteiger partial charge in [-0.25, -0.2) is 9.97 Å². The van der Waals surface area contributed by atoms with Gasteiger partial charge in [0.15, 0.2) is 0 Å². The Labute approximate surface area is 395 Å². The minimum Gasteiger partial charge on any atom is -0.656 e. The molecule has 4 heterocycles. The third kappa shape index (κ3) is 6.96. The van der Waals surface area contributed by atoms with Gasteiger partial charge in [-0.3, -0.25) is 4.57 Å². The number of hydrogen-bond acceptors (Lipinski definition) is 2. The summed E-state index contributed by atoms with van der Waals surface area (Å²) in [6.07, 6.45) is -2.60. The molecule has 11 aromatic rings. The fraction of sp³-hybridized carbons (Fsp3) is 0.158. The fourth-order valence-electron chi connectivity index (χ4n) is 9.65. The van der Waals surface area contributed by atoms with E-state index in [4.69, 9.17) is 15.0 Å². The average Bonchev–Trinajstić information content (AvgIpc) is 3.98. The van der Waals surface area contributed by atoms with Crippen molar-refractivity contribution in [3.8, 4) is 34.0 Å². The number of imidazole rings is 1. The van der Waals surface area contributed by atoms with Crippen LogP contribution in [-0.2, 0) is 38.1 Å². The van der Waals surface area contributed by atoms with Crippen LogP contribution in [0.1, 0.15) is 62.4 Å². The molecule has 328 valence electrons. The largest absolute Gasteiger partial charge is 2.00 e. The molecule has 0 aliphatic carbocycles. The van der Waals surface area contributed by atoms with E-state index in [-0.39, 0.29) is 31.9 Å². The van der Waals surface area contributed by atoms with Crippen LogP contribution in [0.3, 0.4) is 0 Å². The number of hydrogen-bond donors (Lipinski definition) is 0. The summed E-state index contributed by atoms with van der Waals surface area (Å²) in [5.41, 5.74) is 11.1. The Kier molecular flexibility index (Phi) is 10.3. The molecule has 9 heteroatoms. The standard InChI is InChI=1S/C57H44F3N5.Pt/c1-34-20-27-47-43(30-34)41-23-21-35(31-49(41)65(47)50-33-37(28-29-61-50)56(5,6)36-14-9-7-10-15-36)40-18-13-19-48-52(40)63-54(64(48)39-16-11-8-12-17-39)42-24-25-45(55(2,3)4)51-44-32-38(57(58,59)60)22-26-46(44)62-53(42)51;/h7-30,32-33H,1-6H3;/q-2;+2. The van der Waals surface area contributed by atoms with Gasteiger partial charge in [-0.15, -0.1) is 34.8 Å². The number of pyridine rings is 1. The first-order valence-electron chi connectivity index (χ1n) is 21.8. The third-order valence-electron chi connectivity index (χ3n) is 13.1. The maximum absolute atomic E-state index is 14.2. The average molecular weight is 1050 g/mol. The Morgan fingerprint density at radius 1 is 0.606 bits per heavy atom. The minimum absolute atomic E-state index is 0. The van der Waals surface area contributed by atoms with Crippen molar-refractivity contribution in [2.75, 3.05) is 0 Å². The number of aryl methyl sites for hydroxylation is 1. The Morgan fingerprint density at radius 3 is 2.11 bits per heavy atom. The summed E-state index contributed by atoms with van der Waals surface area (Å²) in [6.45, 7) is 12.8. The van der Waals surface area contributed by atoms with Crippen molar-refractivity contribution < 1.29 is 34.2 Å². The molecule has 5 nitrogen and oxygen atoms in total. The summed E-state index contributed by atoms with van der Waals surface area (Å²) in [6, 6.07) is 53.7. The molecular weight excluding hydrogens is 1010 g/mol. The number of fused-ring (bicyclic) bond motifs is 7. The van der Waals surface area contributed by atoms with E-state index in [0.717, 1.165) is 83.8 Å². The second-order valence-electron chi connectivity index (χ2n) is 18.6. The molecule has 0 saturated heterocycles. The molecule has 0 N–H and O–H groups in total. The molecule has 0 bridgehead atoms. The Bertz CT molecular complexity index is 3670. The van der Waals surface area contributed by atoms with Crippen LogP contribution >= 0.6 is 0 Å². The summed E-state index contributed by atoms with van der Waals surface area (Å²) < 4.78 is 46.9. The summed E-state index contributed by atoms with van der Waals surface area (Å²) in [5.74, 6) is 1.44. The van der Waals surface area contributed by atoms with Crippen molar-refractivity contribution in [3.05, 3.63) is 192 Å². The monoisotopic (exact) mass is 1050 g/mol. The molecule has 0 fully saturated rings. The number of alkyl halides is 3. The van der Waals surface area contributed by atoms with E-state index in [9.17, 15) is 13.2 Å². The van der Waals surface area contributed by atoms with Gasteiger partial charge in [0.25, 0.3) is 0 Å². The zero-order valence-corrected chi connectivity index (χ0v) is 39.5. The number of halogens is 3. The predicted molar refractivity (Wildman–Crippen MR) is 258 cm³/mol. The van der Waals surface area contributed by atoms with Gasteiger partial charge in [0.2, 0.25) is 0 Å². The topological polar surface area (TPSA) is 49.7 Å². The molecule has 0 radical (unpaired) electrons. The number of rotatable bonds is 6. The van der Waals surface area contributed by atoms with Crippen molar-refractivity contribution in [2.24, 2.45) is 0 Å². The maximum atomic E-state index is 14.2. The molecule has 0 amide bonds. The number of nitrogens with zero attached hydrogens (tertiary/aromatic N) is 5. The van der Waals surface area contributed by atoms with Crippen molar-refractivity contribution in [3.63, 3.8) is 0 Å². The normalized spacial score (nSPS) is 12.5. The Morgan fingerprint density at radius 2 is 1.36 bits per heavy atom. The second-order valence-corrected chi connectivity index (χ2v) is 18.6. The van der Waals surface area contributed by atoms with Crippen molar-refractivity contribution in [1.29, 1.82) is 0 Å². The minimum atomic E-state index is -4.50.